The van der Waals surface area contributed by atoms with Crippen LogP contribution >= 0.6 is 0 Å². The summed E-state index contributed by atoms with van der Waals surface area (Å²) in [6, 6.07) is 14.1. The van der Waals surface area contributed by atoms with E-state index < -0.39 is 0 Å². The zero-order valence-electron chi connectivity index (χ0n) is 16.5. The molecule has 150 valence electrons. The monoisotopic (exact) mass is 385 g/mol. The Morgan fingerprint density at radius 2 is 1.75 bits per heavy atom. The third kappa shape index (κ3) is 5.45. The van der Waals surface area contributed by atoms with Gasteiger partial charge in [-0.2, -0.15) is 0 Å². The molecule has 0 bridgehead atoms. The van der Waals surface area contributed by atoms with E-state index in [0.29, 0.717) is 17.8 Å². The van der Waals surface area contributed by atoms with E-state index in [1.54, 1.807) is 18.2 Å². The van der Waals surface area contributed by atoms with Gasteiger partial charge in [-0.05, 0) is 50.2 Å². The van der Waals surface area contributed by atoms with Gasteiger partial charge in [0.15, 0.2) is 0 Å². The zero-order valence-corrected chi connectivity index (χ0v) is 16.5. The van der Waals surface area contributed by atoms with E-state index in [1.807, 2.05) is 38.1 Å². The van der Waals surface area contributed by atoms with Crippen LogP contribution in [0.15, 0.2) is 48.5 Å². The summed E-state index contributed by atoms with van der Waals surface area (Å²) in [5.74, 6) is 0.508. The fourth-order valence-corrected chi connectivity index (χ4v) is 3.31. The lowest BCUT2D eigenvalue weighted by atomic mass is 10.2. The molecule has 1 saturated heterocycles. The van der Waals surface area contributed by atoms with Gasteiger partial charge in [0.1, 0.15) is 11.6 Å². The van der Waals surface area contributed by atoms with E-state index in [4.69, 9.17) is 4.74 Å². The second kappa shape index (κ2) is 9.55. The molecule has 2 aromatic rings. The van der Waals surface area contributed by atoms with Gasteiger partial charge in [0.2, 0.25) is 0 Å². The highest BCUT2D eigenvalue weighted by Gasteiger charge is 2.19. The number of hydrogen-bond acceptors (Lipinski definition) is 4. The molecule has 28 heavy (non-hydrogen) atoms. The minimum Gasteiger partial charge on any atom is -0.491 e. The Morgan fingerprint density at radius 1 is 1.07 bits per heavy atom. The summed E-state index contributed by atoms with van der Waals surface area (Å²) >= 11 is 0. The van der Waals surface area contributed by atoms with Crippen LogP contribution in [0.3, 0.4) is 0 Å². The van der Waals surface area contributed by atoms with Crippen molar-refractivity contribution in [3.63, 3.8) is 0 Å². The minimum absolute atomic E-state index is 0.0823. The van der Waals surface area contributed by atoms with Gasteiger partial charge < -0.3 is 15.0 Å². The number of carbonyl (C=O) groups excluding carboxylic acids is 1. The lowest BCUT2D eigenvalue weighted by Crippen LogP contribution is -2.48. The van der Waals surface area contributed by atoms with Crippen molar-refractivity contribution in [1.82, 2.24) is 10.2 Å². The summed E-state index contributed by atoms with van der Waals surface area (Å²) in [5, 5.41) is 2.96. The third-order valence-corrected chi connectivity index (χ3v) is 4.77. The average Bonchev–Trinajstić information content (AvgIpc) is 2.69. The van der Waals surface area contributed by atoms with Gasteiger partial charge in [-0.15, -0.1) is 0 Å². The lowest BCUT2D eigenvalue weighted by Gasteiger charge is -2.36. The number of anilines is 1. The second-order valence-corrected chi connectivity index (χ2v) is 7.23. The third-order valence-electron chi connectivity index (χ3n) is 4.77. The summed E-state index contributed by atoms with van der Waals surface area (Å²) in [6.45, 7) is 8.58. The Hall–Kier alpha value is -2.60. The molecule has 2 aromatic carbocycles. The molecular weight excluding hydrogens is 357 g/mol. The molecule has 1 heterocycles. The van der Waals surface area contributed by atoms with Crippen molar-refractivity contribution in [2.45, 2.75) is 20.0 Å². The largest absolute Gasteiger partial charge is 0.491 e. The summed E-state index contributed by atoms with van der Waals surface area (Å²) in [6.07, 6.45) is 0.110. The number of para-hydroxylation sites is 1. The highest BCUT2D eigenvalue weighted by atomic mass is 19.1. The maximum absolute atomic E-state index is 13.9. The number of halogens is 1. The summed E-state index contributed by atoms with van der Waals surface area (Å²) in [5.41, 5.74) is 1.29. The average molecular weight is 385 g/mol. The normalized spacial score (nSPS) is 14.9. The molecule has 0 saturated carbocycles. The molecule has 6 heteroatoms. The number of piperazine rings is 1. The van der Waals surface area contributed by atoms with Crippen molar-refractivity contribution in [2.75, 3.05) is 44.2 Å². The van der Waals surface area contributed by atoms with Crippen molar-refractivity contribution in [1.29, 1.82) is 0 Å². The van der Waals surface area contributed by atoms with Gasteiger partial charge in [-0.3, -0.25) is 9.69 Å². The fourth-order valence-electron chi connectivity index (χ4n) is 3.31. The van der Waals surface area contributed by atoms with E-state index in [0.717, 1.165) is 38.5 Å². The van der Waals surface area contributed by atoms with Crippen molar-refractivity contribution in [2.24, 2.45) is 0 Å². The number of ether oxygens (including phenoxy) is 1. The Bertz CT molecular complexity index is 772. The Kier molecular flexibility index (Phi) is 6.87. The topological polar surface area (TPSA) is 44.8 Å². The summed E-state index contributed by atoms with van der Waals surface area (Å²) in [7, 11) is 0. The number of nitrogens with one attached hydrogen (secondary N) is 1. The molecular formula is C22H28FN3O2. The Morgan fingerprint density at radius 3 is 2.39 bits per heavy atom. The Balaban J connectivity index is 1.40. The highest BCUT2D eigenvalue weighted by Crippen LogP contribution is 2.20. The van der Waals surface area contributed by atoms with E-state index in [1.165, 1.54) is 6.07 Å². The molecule has 1 fully saturated rings. The van der Waals surface area contributed by atoms with Gasteiger partial charge in [0.25, 0.3) is 5.91 Å². The minimum atomic E-state index is -0.173. The van der Waals surface area contributed by atoms with Gasteiger partial charge in [0.05, 0.1) is 11.8 Å². The first-order chi connectivity index (χ1) is 13.5. The molecule has 0 radical (unpaired) electrons. The maximum Gasteiger partial charge on any atom is 0.251 e. The smallest absolute Gasteiger partial charge is 0.251 e. The SMILES string of the molecule is CC(C)Oc1ccc(C(=O)NCCN2CCN(c3ccccc3F)CC2)cc1. The molecule has 3 rings (SSSR count). The van der Waals surface area contributed by atoms with Crippen LogP contribution in [0.5, 0.6) is 5.75 Å². The van der Waals surface area contributed by atoms with Crippen molar-refractivity contribution < 1.29 is 13.9 Å². The number of benzene rings is 2. The molecule has 5 nitrogen and oxygen atoms in total. The fraction of sp³-hybridized carbons (Fsp3) is 0.409. The second-order valence-electron chi connectivity index (χ2n) is 7.23. The number of hydrogen-bond donors (Lipinski definition) is 1. The lowest BCUT2D eigenvalue weighted by molar-refractivity contribution is 0.0947. The number of nitrogens with zero attached hydrogens (tertiary/aromatic N) is 2. The van der Waals surface area contributed by atoms with Gasteiger partial charge in [-0.1, -0.05) is 12.1 Å². The molecule has 1 aliphatic heterocycles. The first kappa shape index (κ1) is 20.1. The van der Waals surface area contributed by atoms with E-state index in [-0.39, 0.29) is 17.8 Å². The molecule has 1 aliphatic rings. The van der Waals surface area contributed by atoms with Crippen molar-refractivity contribution in [3.05, 3.63) is 59.9 Å². The molecule has 0 aliphatic carbocycles. The summed E-state index contributed by atoms with van der Waals surface area (Å²) < 4.78 is 19.5. The predicted octanol–water partition coefficient (Wildman–Crippen LogP) is 3.16. The van der Waals surface area contributed by atoms with Crippen LogP contribution in [-0.2, 0) is 0 Å². The molecule has 1 amide bonds. The van der Waals surface area contributed by atoms with Crippen LogP contribution in [0.1, 0.15) is 24.2 Å². The van der Waals surface area contributed by atoms with Crippen LogP contribution in [0.25, 0.3) is 0 Å². The molecule has 0 atom stereocenters. The quantitative estimate of drug-likeness (QED) is 0.795. The zero-order chi connectivity index (χ0) is 19.9. The maximum atomic E-state index is 13.9. The van der Waals surface area contributed by atoms with Gasteiger partial charge in [-0.25, -0.2) is 4.39 Å². The standard InChI is InChI=1S/C22H28FN3O2/c1-17(2)28-19-9-7-18(8-10-19)22(27)24-11-12-25-13-15-26(16-14-25)21-6-4-3-5-20(21)23/h3-10,17H,11-16H2,1-2H3,(H,24,27). The molecule has 1 N–H and O–H groups in total. The first-order valence-electron chi connectivity index (χ1n) is 9.79. The molecule has 0 spiro atoms. The van der Waals surface area contributed by atoms with Crippen molar-refractivity contribution >= 4 is 11.6 Å². The van der Waals surface area contributed by atoms with E-state index in [9.17, 15) is 9.18 Å². The van der Waals surface area contributed by atoms with E-state index in [2.05, 4.69) is 15.1 Å². The van der Waals surface area contributed by atoms with Crippen LogP contribution in [0, 0.1) is 5.82 Å². The van der Waals surface area contributed by atoms with Gasteiger partial charge in [0, 0.05) is 44.8 Å². The predicted molar refractivity (Wildman–Crippen MR) is 110 cm³/mol. The summed E-state index contributed by atoms with van der Waals surface area (Å²) in [4.78, 5) is 16.6. The van der Waals surface area contributed by atoms with Crippen LogP contribution in [-0.4, -0.2) is 56.2 Å². The number of rotatable bonds is 7. The van der Waals surface area contributed by atoms with Crippen LogP contribution in [0.4, 0.5) is 10.1 Å². The van der Waals surface area contributed by atoms with Crippen LogP contribution < -0.4 is 15.0 Å². The van der Waals surface area contributed by atoms with Gasteiger partial charge >= 0.3 is 0 Å². The van der Waals surface area contributed by atoms with Crippen LogP contribution in [0.2, 0.25) is 0 Å². The molecule has 0 aromatic heterocycles. The molecule has 0 unspecified atom stereocenters. The highest BCUT2D eigenvalue weighted by molar-refractivity contribution is 5.94. The first-order valence-corrected chi connectivity index (χ1v) is 9.79. The van der Waals surface area contributed by atoms with E-state index >= 15 is 0 Å². The number of amides is 1. The number of carbonyl (C=O) groups is 1. The Labute approximate surface area is 166 Å². The van der Waals surface area contributed by atoms with Crippen molar-refractivity contribution in [3.8, 4) is 5.75 Å².